The van der Waals surface area contributed by atoms with Crippen molar-refractivity contribution in [3.05, 3.63) is 58.1 Å². The Hall–Kier alpha value is -1.82. The van der Waals surface area contributed by atoms with Crippen LogP contribution in [-0.4, -0.2) is 13.1 Å². The number of carbonyl (C=O) groups excluding carboxylic acids is 1. The molecule has 6 heteroatoms. The molecule has 0 fully saturated rings. The van der Waals surface area contributed by atoms with Crippen LogP contribution in [0.2, 0.25) is 0 Å². The first-order chi connectivity index (χ1) is 9.82. The highest BCUT2D eigenvalue weighted by Crippen LogP contribution is 2.35. The van der Waals surface area contributed by atoms with Crippen LogP contribution in [0.4, 0.5) is 13.2 Å². The molecule has 0 radical (unpaired) electrons. The number of benzene rings is 2. The number of methoxy groups -OCH3 is 1. The number of halogens is 4. The van der Waals surface area contributed by atoms with Crippen molar-refractivity contribution in [2.24, 2.45) is 0 Å². The molecule has 2 aromatic rings. The molecule has 0 aliphatic carbocycles. The van der Waals surface area contributed by atoms with Crippen molar-refractivity contribution in [2.45, 2.75) is 6.18 Å². The maximum Gasteiger partial charge on any atom is 0.416 e. The van der Waals surface area contributed by atoms with Crippen LogP contribution in [0, 0.1) is 0 Å². The number of alkyl halides is 3. The van der Waals surface area contributed by atoms with Crippen LogP contribution in [0.5, 0.6) is 0 Å². The zero-order chi connectivity index (χ0) is 15.6. The summed E-state index contributed by atoms with van der Waals surface area (Å²) in [5, 5.41) is 0. The van der Waals surface area contributed by atoms with Crippen molar-refractivity contribution in [1.29, 1.82) is 0 Å². The largest absolute Gasteiger partial charge is 0.465 e. The molecule has 0 saturated carbocycles. The Labute approximate surface area is 127 Å². The molecule has 0 N–H and O–H groups in total. The van der Waals surface area contributed by atoms with Gasteiger partial charge in [-0.25, -0.2) is 4.79 Å². The van der Waals surface area contributed by atoms with Crippen molar-refractivity contribution in [3.63, 3.8) is 0 Å². The van der Waals surface area contributed by atoms with Gasteiger partial charge in [0.05, 0.1) is 18.2 Å². The summed E-state index contributed by atoms with van der Waals surface area (Å²) < 4.78 is 42.8. The third-order valence-electron chi connectivity index (χ3n) is 2.91. The van der Waals surface area contributed by atoms with Gasteiger partial charge in [0, 0.05) is 4.47 Å². The van der Waals surface area contributed by atoms with E-state index in [0.29, 0.717) is 21.2 Å². The van der Waals surface area contributed by atoms with Crippen LogP contribution >= 0.6 is 15.9 Å². The van der Waals surface area contributed by atoms with Gasteiger partial charge >= 0.3 is 12.1 Å². The lowest BCUT2D eigenvalue weighted by molar-refractivity contribution is -0.137. The second-order valence-electron chi connectivity index (χ2n) is 4.26. The van der Waals surface area contributed by atoms with Crippen LogP contribution in [-0.2, 0) is 10.9 Å². The number of hydrogen-bond acceptors (Lipinski definition) is 2. The summed E-state index contributed by atoms with van der Waals surface area (Å²) in [5.74, 6) is -0.465. The Morgan fingerprint density at radius 1 is 1.10 bits per heavy atom. The fraction of sp³-hybridized carbons (Fsp3) is 0.133. The minimum atomic E-state index is -4.38. The minimum absolute atomic E-state index is 0.336. The molecule has 0 aromatic heterocycles. The van der Waals surface area contributed by atoms with Crippen LogP contribution < -0.4 is 0 Å². The van der Waals surface area contributed by atoms with E-state index in [2.05, 4.69) is 20.7 Å². The Morgan fingerprint density at radius 3 is 2.19 bits per heavy atom. The lowest BCUT2D eigenvalue weighted by atomic mass is 10.0. The highest BCUT2D eigenvalue weighted by atomic mass is 79.9. The van der Waals surface area contributed by atoms with Crippen LogP contribution in [0.15, 0.2) is 46.9 Å². The molecule has 2 rings (SSSR count). The number of rotatable bonds is 2. The zero-order valence-electron chi connectivity index (χ0n) is 10.9. The van der Waals surface area contributed by atoms with E-state index in [1.54, 1.807) is 24.3 Å². The number of esters is 1. The van der Waals surface area contributed by atoms with Crippen molar-refractivity contribution in [3.8, 4) is 11.1 Å². The average Bonchev–Trinajstić information content (AvgIpc) is 2.45. The molecule has 0 saturated heterocycles. The van der Waals surface area contributed by atoms with E-state index < -0.39 is 17.7 Å². The molecular weight excluding hydrogens is 349 g/mol. The Kier molecular flexibility index (Phi) is 4.37. The number of hydrogen-bond donors (Lipinski definition) is 0. The Bertz CT molecular complexity index is 664. The van der Waals surface area contributed by atoms with Gasteiger partial charge in [0.25, 0.3) is 0 Å². The molecule has 0 heterocycles. The number of ether oxygens (including phenoxy) is 1. The average molecular weight is 359 g/mol. The minimum Gasteiger partial charge on any atom is -0.465 e. The molecule has 0 unspecified atom stereocenters. The first-order valence-corrected chi connectivity index (χ1v) is 6.67. The molecular formula is C15H10BrF3O2. The standard InChI is InChI=1S/C15H10BrF3O2/c1-21-14(20)10-4-2-9(3-5-10)12-7-6-11(8-13(12)16)15(17,18)19/h2-8H,1H3. The molecule has 0 spiro atoms. The van der Waals surface area contributed by atoms with Crippen LogP contribution in [0.1, 0.15) is 15.9 Å². The topological polar surface area (TPSA) is 26.3 Å². The van der Waals surface area contributed by atoms with Crippen LogP contribution in [0.3, 0.4) is 0 Å². The third-order valence-corrected chi connectivity index (χ3v) is 3.57. The van der Waals surface area contributed by atoms with E-state index in [1.807, 2.05) is 0 Å². The third kappa shape index (κ3) is 3.44. The summed E-state index contributed by atoms with van der Waals surface area (Å²) in [4.78, 5) is 11.3. The van der Waals surface area contributed by atoms with Gasteiger partial charge < -0.3 is 4.74 Å². The van der Waals surface area contributed by atoms with Crippen molar-refractivity contribution in [2.75, 3.05) is 7.11 Å². The predicted octanol–water partition coefficient (Wildman–Crippen LogP) is 4.92. The van der Waals surface area contributed by atoms with Gasteiger partial charge in [-0.2, -0.15) is 13.2 Å². The van der Waals surface area contributed by atoms with Crippen molar-refractivity contribution >= 4 is 21.9 Å². The predicted molar refractivity (Wildman–Crippen MR) is 75.9 cm³/mol. The quantitative estimate of drug-likeness (QED) is 0.712. The van der Waals surface area contributed by atoms with E-state index in [1.165, 1.54) is 13.2 Å². The zero-order valence-corrected chi connectivity index (χ0v) is 12.5. The monoisotopic (exact) mass is 358 g/mol. The van der Waals surface area contributed by atoms with Crippen molar-refractivity contribution in [1.82, 2.24) is 0 Å². The second-order valence-corrected chi connectivity index (χ2v) is 5.12. The lowest BCUT2D eigenvalue weighted by Crippen LogP contribution is -2.04. The van der Waals surface area contributed by atoms with E-state index in [4.69, 9.17) is 0 Å². The van der Waals surface area contributed by atoms with Gasteiger partial charge in [0.1, 0.15) is 0 Å². The summed E-state index contributed by atoms with van der Waals surface area (Å²) in [6, 6.07) is 9.87. The lowest BCUT2D eigenvalue weighted by Gasteiger charge is -2.10. The molecule has 0 aliphatic rings. The first-order valence-electron chi connectivity index (χ1n) is 5.88. The molecule has 0 aliphatic heterocycles. The second kappa shape index (κ2) is 5.89. The molecule has 0 bridgehead atoms. The summed E-state index contributed by atoms with van der Waals surface area (Å²) in [7, 11) is 1.28. The van der Waals surface area contributed by atoms with E-state index >= 15 is 0 Å². The smallest absolute Gasteiger partial charge is 0.416 e. The summed E-state index contributed by atoms with van der Waals surface area (Å²) in [6.45, 7) is 0. The maximum atomic E-state index is 12.6. The highest BCUT2D eigenvalue weighted by molar-refractivity contribution is 9.10. The molecule has 21 heavy (non-hydrogen) atoms. The molecule has 0 atom stereocenters. The van der Waals surface area contributed by atoms with Gasteiger partial charge in [-0.3, -0.25) is 0 Å². The summed E-state index contributed by atoms with van der Waals surface area (Å²) in [6.07, 6.45) is -4.38. The first kappa shape index (κ1) is 15.6. The van der Waals surface area contributed by atoms with Gasteiger partial charge in [-0.15, -0.1) is 0 Å². The van der Waals surface area contributed by atoms with Gasteiger partial charge in [-0.05, 0) is 35.4 Å². The summed E-state index contributed by atoms with van der Waals surface area (Å²) >= 11 is 3.15. The highest BCUT2D eigenvalue weighted by Gasteiger charge is 2.30. The van der Waals surface area contributed by atoms with E-state index in [-0.39, 0.29) is 0 Å². The normalized spacial score (nSPS) is 11.3. The Balaban J connectivity index is 2.36. The molecule has 2 nitrogen and oxygen atoms in total. The number of carbonyl (C=O) groups is 1. The fourth-order valence-corrected chi connectivity index (χ4v) is 2.44. The van der Waals surface area contributed by atoms with Gasteiger partial charge in [0.2, 0.25) is 0 Å². The van der Waals surface area contributed by atoms with Crippen molar-refractivity contribution < 1.29 is 22.7 Å². The Morgan fingerprint density at radius 2 is 1.71 bits per heavy atom. The molecule has 110 valence electrons. The molecule has 0 amide bonds. The van der Waals surface area contributed by atoms with E-state index in [9.17, 15) is 18.0 Å². The van der Waals surface area contributed by atoms with Crippen LogP contribution in [0.25, 0.3) is 11.1 Å². The van der Waals surface area contributed by atoms with Gasteiger partial charge in [0.15, 0.2) is 0 Å². The molecule has 2 aromatic carbocycles. The van der Waals surface area contributed by atoms with E-state index in [0.717, 1.165) is 12.1 Å². The summed E-state index contributed by atoms with van der Waals surface area (Å²) in [5.41, 5.74) is 0.969. The maximum absolute atomic E-state index is 12.6. The fourth-order valence-electron chi connectivity index (χ4n) is 1.83. The van der Waals surface area contributed by atoms with Gasteiger partial charge in [-0.1, -0.05) is 34.1 Å². The SMILES string of the molecule is COC(=O)c1ccc(-c2ccc(C(F)(F)F)cc2Br)cc1.